The quantitative estimate of drug-likeness (QED) is 0.837. The van der Waals surface area contributed by atoms with Gasteiger partial charge in [-0.2, -0.15) is 0 Å². The number of rotatable bonds is 2. The number of piperidine rings is 1. The number of imidazole rings is 1. The molecule has 0 bridgehead atoms. The summed E-state index contributed by atoms with van der Waals surface area (Å²) in [6.07, 6.45) is 9.40. The first kappa shape index (κ1) is 16.1. The molecule has 2 aliphatic heterocycles. The van der Waals surface area contributed by atoms with E-state index in [9.17, 15) is 4.79 Å². The average molecular weight is 330 g/mol. The van der Waals surface area contributed by atoms with Crippen molar-refractivity contribution in [2.75, 3.05) is 19.6 Å². The maximum Gasteiger partial charge on any atom is 0.233 e. The van der Waals surface area contributed by atoms with Crippen LogP contribution in [-0.2, 0) is 18.4 Å². The van der Waals surface area contributed by atoms with E-state index in [1.165, 1.54) is 25.7 Å². The third-order valence-corrected chi connectivity index (χ3v) is 6.40. The molecule has 3 heterocycles. The van der Waals surface area contributed by atoms with Crippen LogP contribution >= 0.6 is 0 Å². The molecule has 5 heteroatoms. The van der Waals surface area contributed by atoms with Gasteiger partial charge in [-0.3, -0.25) is 9.69 Å². The van der Waals surface area contributed by atoms with Crippen molar-refractivity contribution >= 4 is 5.91 Å². The Hall–Kier alpha value is -1.36. The summed E-state index contributed by atoms with van der Waals surface area (Å²) >= 11 is 0. The van der Waals surface area contributed by atoms with Crippen molar-refractivity contribution in [2.45, 2.75) is 64.0 Å². The smallest absolute Gasteiger partial charge is 0.233 e. The van der Waals surface area contributed by atoms with E-state index >= 15 is 0 Å². The first-order valence-corrected chi connectivity index (χ1v) is 9.66. The maximum absolute atomic E-state index is 13.3. The van der Waals surface area contributed by atoms with Crippen molar-refractivity contribution in [1.29, 1.82) is 0 Å². The van der Waals surface area contributed by atoms with Crippen LogP contribution in [0.5, 0.6) is 0 Å². The number of aromatic nitrogens is 2. The highest BCUT2D eigenvalue weighted by molar-refractivity contribution is 5.84. The van der Waals surface area contributed by atoms with Gasteiger partial charge in [-0.15, -0.1) is 0 Å². The lowest BCUT2D eigenvalue weighted by Gasteiger charge is -2.39. The summed E-state index contributed by atoms with van der Waals surface area (Å²) in [6, 6.07) is 0.650. The van der Waals surface area contributed by atoms with E-state index in [0.29, 0.717) is 11.9 Å². The highest BCUT2D eigenvalue weighted by Crippen LogP contribution is 2.34. The zero-order valence-electron chi connectivity index (χ0n) is 15.1. The Morgan fingerprint density at radius 1 is 1.17 bits per heavy atom. The minimum absolute atomic E-state index is 0.0322. The number of carbonyl (C=O) groups excluding carboxylic acids is 1. The molecule has 1 aromatic heterocycles. The van der Waals surface area contributed by atoms with Gasteiger partial charge in [0, 0.05) is 39.3 Å². The summed E-state index contributed by atoms with van der Waals surface area (Å²) < 4.78 is 2.08. The minimum atomic E-state index is -0.0322. The molecule has 3 aliphatic rings. The van der Waals surface area contributed by atoms with E-state index in [0.717, 1.165) is 56.3 Å². The molecule has 0 radical (unpaired) electrons. The van der Waals surface area contributed by atoms with Crippen molar-refractivity contribution < 1.29 is 4.79 Å². The molecule has 132 valence electrons. The van der Waals surface area contributed by atoms with E-state index in [2.05, 4.69) is 26.3 Å². The van der Waals surface area contributed by atoms with Gasteiger partial charge in [0.05, 0.1) is 23.6 Å². The number of carbonyl (C=O) groups is 1. The summed E-state index contributed by atoms with van der Waals surface area (Å²) in [4.78, 5) is 22.6. The summed E-state index contributed by atoms with van der Waals surface area (Å²) in [5.74, 6) is 1.05. The number of aryl methyl sites for hydroxylation is 1. The number of hydrogen-bond donors (Lipinski definition) is 0. The normalized spacial score (nSPS) is 26.8. The van der Waals surface area contributed by atoms with Gasteiger partial charge in [-0.05, 0) is 31.6 Å². The van der Waals surface area contributed by atoms with Gasteiger partial charge in [0.1, 0.15) is 0 Å². The van der Waals surface area contributed by atoms with Gasteiger partial charge >= 0.3 is 0 Å². The van der Waals surface area contributed by atoms with Crippen LogP contribution in [0.4, 0.5) is 0 Å². The number of likely N-dealkylation sites (tertiary alicyclic amines) is 1. The van der Waals surface area contributed by atoms with Gasteiger partial charge in [-0.1, -0.05) is 19.8 Å². The zero-order chi connectivity index (χ0) is 16.7. The van der Waals surface area contributed by atoms with E-state index in [1.807, 2.05) is 13.4 Å². The highest BCUT2D eigenvalue weighted by atomic mass is 16.2. The molecule has 0 spiro atoms. The number of fused-ring (bicyclic) bond motifs is 1. The molecule has 4 rings (SSSR count). The Morgan fingerprint density at radius 3 is 2.58 bits per heavy atom. The van der Waals surface area contributed by atoms with E-state index in [1.54, 1.807) is 0 Å². The molecule has 2 fully saturated rings. The molecular weight excluding hydrogens is 300 g/mol. The second kappa shape index (κ2) is 6.51. The topological polar surface area (TPSA) is 41.4 Å². The number of hydrogen-bond acceptors (Lipinski definition) is 3. The van der Waals surface area contributed by atoms with Gasteiger partial charge in [0.15, 0.2) is 0 Å². The van der Waals surface area contributed by atoms with Crippen LogP contribution in [0.25, 0.3) is 0 Å². The lowest BCUT2D eigenvalue weighted by molar-refractivity contribution is -0.135. The first-order valence-electron chi connectivity index (χ1n) is 9.66. The van der Waals surface area contributed by atoms with Crippen LogP contribution < -0.4 is 0 Å². The predicted molar refractivity (Wildman–Crippen MR) is 93.6 cm³/mol. The fraction of sp³-hybridized carbons (Fsp3) is 0.789. The molecule has 5 nitrogen and oxygen atoms in total. The van der Waals surface area contributed by atoms with Crippen molar-refractivity contribution in [1.82, 2.24) is 19.4 Å². The van der Waals surface area contributed by atoms with Gasteiger partial charge in [0.25, 0.3) is 0 Å². The SMILES string of the molecule is CC1CCN(C(=O)C2CN(C3CCCC3)Cc3ncn(C)c32)CC1. The van der Waals surface area contributed by atoms with Gasteiger partial charge < -0.3 is 9.47 Å². The molecule has 24 heavy (non-hydrogen) atoms. The zero-order valence-corrected chi connectivity index (χ0v) is 15.1. The van der Waals surface area contributed by atoms with Gasteiger partial charge in [-0.25, -0.2) is 4.98 Å². The van der Waals surface area contributed by atoms with Crippen LogP contribution in [0.15, 0.2) is 6.33 Å². The monoisotopic (exact) mass is 330 g/mol. The second-order valence-corrected chi connectivity index (χ2v) is 8.12. The summed E-state index contributed by atoms with van der Waals surface area (Å²) in [5, 5.41) is 0. The Kier molecular flexibility index (Phi) is 4.37. The molecular formula is C19H30N4O. The lowest BCUT2D eigenvalue weighted by atomic mass is 9.92. The summed E-state index contributed by atoms with van der Waals surface area (Å²) in [5.41, 5.74) is 2.28. The molecule has 1 saturated carbocycles. The third kappa shape index (κ3) is 2.87. The van der Waals surface area contributed by atoms with Crippen molar-refractivity contribution in [2.24, 2.45) is 13.0 Å². The molecule has 1 atom stereocenters. The Bertz CT molecular complexity index is 597. The van der Waals surface area contributed by atoms with E-state index in [-0.39, 0.29) is 5.92 Å². The fourth-order valence-electron chi connectivity index (χ4n) is 4.83. The minimum Gasteiger partial charge on any atom is -0.342 e. The maximum atomic E-state index is 13.3. The number of amides is 1. The van der Waals surface area contributed by atoms with Crippen LogP contribution in [0, 0.1) is 5.92 Å². The molecule has 0 aromatic carbocycles. The van der Waals surface area contributed by atoms with Crippen LogP contribution in [0.1, 0.15) is 62.8 Å². The number of nitrogens with zero attached hydrogens (tertiary/aromatic N) is 4. The Labute approximate surface area is 145 Å². The molecule has 1 aliphatic carbocycles. The standard InChI is InChI=1S/C19H30N4O/c1-14-7-9-22(10-8-14)19(24)16-11-23(15-5-3-4-6-15)12-17-18(16)21(2)13-20-17/h13-16H,3-12H2,1-2H3. The molecule has 1 unspecified atom stereocenters. The van der Waals surface area contributed by atoms with Gasteiger partial charge in [0.2, 0.25) is 5.91 Å². The third-order valence-electron chi connectivity index (χ3n) is 6.40. The Morgan fingerprint density at radius 2 is 1.88 bits per heavy atom. The predicted octanol–water partition coefficient (Wildman–Crippen LogP) is 2.52. The average Bonchev–Trinajstić information content (AvgIpc) is 3.24. The Balaban J connectivity index is 1.57. The highest BCUT2D eigenvalue weighted by Gasteiger charge is 2.39. The second-order valence-electron chi connectivity index (χ2n) is 8.12. The van der Waals surface area contributed by atoms with Crippen LogP contribution in [-0.4, -0.2) is 50.9 Å². The van der Waals surface area contributed by atoms with Crippen LogP contribution in [0.3, 0.4) is 0 Å². The van der Waals surface area contributed by atoms with Crippen molar-refractivity contribution in [3.05, 3.63) is 17.7 Å². The lowest BCUT2D eigenvalue weighted by Crippen LogP contribution is -2.48. The molecule has 1 amide bonds. The fourth-order valence-corrected chi connectivity index (χ4v) is 4.83. The van der Waals surface area contributed by atoms with Crippen molar-refractivity contribution in [3.8, 4) is 0 Å². The summed E-state index contributed by atoms with van der Waals surface area (Å²) in [6.45, 7) is 5.94. The van der Waals surface area contributed by atoms with Crippen LogP contribution in [0.2, 0.25) is 0 Å². The van der Waals surface area contributed by atoms with Crippen molar-refractivity contribution in [3.63, 3.8) is 0 Å². The molecule has 0 N–H and O–H groups in total. The summed E-state index contributed by atoms with van der Waals surface area (Å²) in [7, 11) is 2.04. The first-order chi connectivity index (χ1) is 11.6. The largest absolute Gasteiger partial charge is 0.342 e. The molecule has 1 saturated heterocycles. The molecule has 1 aromatic rings. The van der Waals surface area contributed by atoms with E-state index < -0.39 is 0 Å². The van der Waals surface area contributed by atoms with E-state index in [4.69, 9.17) is 0 Å².